The lowest BCUT2D eigenvalue weighted by Crippen LogP contribution is -1.99. The van der Waals surface area contributed by atoms with Crippen molar-refractivity contribution < 1.29 is 4.74 Å². The van der Waals surface area contributed by atoms with Crippen molar-refractivity contribution >= 4 is 27.5 Å². The molecule has 2 rings (SSSR count). The molecule has 0 N–H and O–H groups in total. The monoisotopic (exact) mass is 310 g/mol. The summed E-state index contributed by atoms with van der Waals surface area (Å²) in [5.41, 5.74) is 2.15. The van der Waals surface area contributed by atoms with Crippen LogP contribution < -0.4 is 4.74 Å². The fourth-order valence-electron chi connectivity index (χ4n) is 1.59. The largest absolute Gasteiger partial charge is 0.489 e. The van der Waals surface area contributed by atoms with E-state index in [0.29, 0.717) is 6.61 Å². The van der Waals surface area contributed by atoms with Gasteiger partial charge in [-0.3, -0.25) is 0 Å². The van der Waals surface area contributed by atoms with Crippen LogP contribution in [0.25, 0.3) is 0 Å². The second-order valence-corrected chi connectivity index (χ2v) is 5.11. The quantitative estimate of drug-likeness (QED) is 0.776. The summed E-state index contributed by atoms with van der Waals surface area (Å²) in [6.07, 6.45) is 0. The summed E-state index contributed by atoms with van der Waals surface area (Å²) in [6, 6.07) is 13.7. The summed E-state index contributed by atoms with van der Waals surface area (Å²) >= 11 is 9.61. The number of aryl methyl sites for hydroxylation is 1. The molecule has 0 aliphatic heterocycles. The summed E-state index contributed by atoms with van der Waals surface area (Å²) in [5, 5.41) is 0.729. The second kappa shape index (κ2) is 5.56. The van der Waals surface area contributed by atoms with Crippen molar-refractivity contribution in [1.82, 2.24) is 0 Å². The minimum absolute atomic E-state index is 0.488. The standard InChI is InChI=1S/C14H12BrClO/c1-10-7-11(15)8-14(16)13(10)9-17-12-5-3-2-4-6-12/h2-8H,9H2,1H3. The fraction of sp³-hybridized carbons (Fsp3) is 0.143. The molecule has 0 spiro atoms. The molecular weight excluding hydrogens is 300 g/mol. The van der Waals surface area contributed by atoms with Gasteiger partial charge < -0.3 is 4.74 Å². The molecule has 0 saturated carbocycles. The Morgan fingerprint density at radius 3 is 2.53 bits per heavy atom. The van der Waals surface area contributed by atoms with Gasteiger partial charge in [0.1, 0.15) is 12.4 Å². The van der Waals surface area contributed by atoms with Crippen molar-refractivity contribution in [3.05, 3.63) is 63.1 Å². The summed E-state index contributed by atoms with van der Waals surface area (Å²) in [4.78, 5) is 0. The minimum Gasteiger partial charge on any atom is -0.489 e. The number of hydrogen-bond acceptors (Lipinski definition) is 1. The van der Waals surface area contributed by atoms with Crippen molar-refractivity contribution in [2.24, 2.45) is 0 Å². The molecule has 3 heteroatoms. The first kappa shape index (κ1) is 12.5. The molecule has 0 atom stereocenters. The second-order valence-electron chi connectivity index (χ2n) is 3.78. The molecule has 0 fully saturated rings. The van der Waals surface area contributed by atoms with E-state index in [4.69, 9.17) is 16.3 Å². The van der Waals surface area contributed by atoms with E-state index >= 15 is 0 Å². The van der Waals surface area contributed by atoms with Gasteiger partial charge in [-0.1, -0.05) is 45.7 Å². The van der Waals surface area contributed by atoms with Crippen molar-refractivity contribution in [1.29, 1.82) is 0 Å². The van der Waals surface area contributed by atoms with Gasteiger partial charge in [-0.25, -0.2) is 0 Å². The van der Waals surface area contributed by atoms with Crippen molar-refractivity contribution in [2.45, 2.75) is 13.5 Å². The number of rotatable bonds is 3. The van der Waals surface area contributed by atoms with Crippen LogP contribution >= 0.6 is 27.5 Å². The van der Waals surface area contributed by atoms with E-state index in [9.17, 15) is 0 Å². The van der Waals surface area contributed by atoms with E-state index in [1.165, 1.54) is 0 Å². The van der Waals surface area contributed by atoms with E-state index in [2.05, 4.69) is 15.9 Å². The van der Waals surface area contributed by atoms with Gasteiger partial charge in [0.25, 0.3) is 0 Å². The molecular formula is C14H12BrClO. The van der Waals surface area contributed by atoms with Crippen molar-refractivity contribution in [2.75, 3.05) is 0 Å². The maximum atomic E-state index is 6.19. The highest BCUT2D eigenvalue weighted by Gasteiger charge is 2.06. The molecule has 0 aliphatic rings. The molecule has 1 nitrogen and oxygen atoms in total. The first-order valence-corrected chi connectivity index (χ1v) is 6.46. The molecule has 0 aliphatic carbocycles. The molecule has 0 aromatic heterocycles. The zero-order valence-electron chi connectivity index (χ0n) is 9.41. The van der Waals surface area contributed by atoms with Crippen LogP contribution in [0.5, 0.6) is 5.75 Å². The van der Waals surface area contributed by atoms with Crippen LogP contribution in [-0.2, 0) is 6.61 Å². The number of benzene rings is 2. The average molecular weight is 312 g/mol. The van der Waals surface area contributed by atoms with Crippen LogP contribution in [-0.4, -0.2) is 0 Å². The van der Waals surface area contributed by atoms with Gasteiger partial charge in [0.2, 0.25) is 0 Å². The molecule has 0 unspecified atom stereocenters. The van der Waals surface area contributed by atoms with Crippen LogP contribution in [0.2, 0.25) is 5.02 Å². The summed E-state index contributed by atoms with van der Waals surface area (Å²) in [7, 11) is 0. The van der Waals surface area contributed by atoms with Crippen LogP contribution in [0.1, 0.15) is 11.1 Å². The summed E-state index contributed by atoms with van der Waals surface area (Å²) in [6.45, 7) is 2.52. The summed E-state index contributed by atoms with van der Waals surface area (Å²) < 4.78 is 6.68. The van der Waals surface area contributed by atoms with E-state index < -0.39 is 0 Å². The van der Waals surface area contributed by atoms with Gasteiger partial charge in [-0.2, -0.15) is 0 Å². The van der Waals surface area contributed by atoms with Gasteiger partial charge in [-0.05, 0) is 36.8 Å². The topological polar surface area (TPSA) is 9.23 Å². The Bertz CT molecular complexity index is 488. The van der Waals surface area contributed by atoms with Gasteiger partial charge >= 0.3 is 0 Å². The molecule has 0 bridgehead atoms. The molecule has 0 amide bonds. The maximum Gasteiger partial charge on any atom is 0.119 e. The van der Waals surface area contributed by atoms with E-state index in [0.717, 1.165) is 26.4 Å². The minimum atomic E-state index is 0.488. The van der Waals surface area contributed by atoms with Crippen LogP contribution in [0.15, 0.2) is 46.9 Å². The number of halogens is 2. The summed E-state index contributed by atoms with van der Waals surface area (Å²) in [5.74, 6) is 0.853. The smallest absolute Gasteiger partial charge is 0.119 e. The third-order valence-corrected chi connectivity index (χ3v) is 3.30. The fourth-order valence-corrected chi connectivity index (χ4v) is 2.61. The first-order valence-electron chi connectivity index (χ1n) is 5.29. The molecule has 0 radical (unpaired) electrons. The Morgan fingerprint density at radius 1 is 1.18 bits per heavy atom. The number of hydrogen-bond donors (Lipinski definition) is 0. The van der Waals surface area contributed by atoms with Gasteiger partial charge in [0.15, 0.2) is 0 Å². The molecule has 0 heterocycles. The van der Waals surface area contributed by atoms with Crippen LogP contribution in [0.3, 0.4) is 0 Å². The van der Waals surface area contributed by atoms with Gasteiger partial charge in [0.05, 0.1) is 0 Å². The van der Waals surface area contributed by atoms with E-state index in [1.54, 1.807) is 0 Å². The van der Waals surface area contributed by atoms with Gasteiger partial charge in [0, 0.05) is 15.1 Å². The Kier molecular flexibility index (Phi) is 4.08. The highest BCUT2D eigenvalue weighted by molar-refractivity contribution is 9.10. The van der Waals surface area contributed by atoms with E-state index in [1.807, 2.05) is 49.4 Å². The predicted molar refractivity (Wildman–Crippen MR) is 74.7 cm³/mol. The van der Waals surface area contributed by atoms with Crippen molar-refractivity contribution in [3.63, 3.8) is 0 Å². The third-order valence-electron chi connectivity index (χ3n) is 2.51. The first-order chi connectivity index (χ1) is 8.16. The Hall–Kier alpha value is -0.990. The SMILES string of the molecule is Cc1cc(Br)cc(Cl)c1COc1ccccc1. The predicted octanol–water partition coefficient (Wildman–Crippen LogP) is 4.99. The number of ether oxygens (including phenoxy) is 1. The Morgan fingerprint density at radius 2 is 1.88 bits per heavy atom. The Labute approximate surface area is 115 Å². The molecule has 88 valence electrons. The molecule has 2 aromatic rings. The molecule has 17 heavy (non-hydrogen) atoms. The normalized spacial score (nSPS) is 10.3. The maximum absolute atomic E-state index is 6.19. The highest BCUT2D eigenvalue weighted by Crippen LogP contribution is 2.26. The average Bonchev–Trinajstić information content (AvgIpc) is 2.29. The lowest BCUT2D eigenvalue weighted by atomic mass is 10.1. The van der Waals surface area contributed by atoms with Crippen LogP contribution in [0, 0.1) is 6.92 Å². The number of para-hydroxylation sites is 1. The lowest BCUT2D eigenvalue weighted by Gasteiger charge is -2.11. The lowest BCUT2D eigenvalue weighted by molar-refractivity contribution is 0.305. The van der Waals surface area contributed by atoms with Crippen LogP contribution in [0.4, 0.5) is 0 Å². The van der Waals surface area contributed by atoms with Crippen molar-refractivity contribution in [3.8, 4) is 5.75 Å². The Balaban J connectivity index is 2.15. The molecule has 0 saturated heterocycles. The third kappa shape index (κ3) is 3.24. The highest BCUT2D eigenvalue weighted by atomic mass is 79.9. The zero-order chi connectivity index (χ0) is 12.3. The van der Waals surface area contributed by atoms with E-state index in [-0.39, 0.29) is 0 Å². The zero-order valence-corrected chi connectivity index (χ0v) is 11.8. The molecule has 2 aromatic carbocycles. The van der Waals surface area contributed by atoms with Gasteiger partial charge in [-0.15, -0.1) is 0 Å².